The molecule has 0 saturated carbocycles. The first-order valence-corrected chi connectivity index (χ1v) is 10.1. The van der Waals surface area contributed by atoms with Crippen molar-refractivity contribution in [2.75, 3.05) is 11.9 Å². The molecule has 142 valence electrons. The average molecular weight is 457 g/mol. The predicted molar refractivity (Wildman–Crippen MR) is 100 cm³/mol. The van der Waals surface area contributed by atoms with E-state index in [1.807, 2.05) is 0 Å². The van der Waals surface area contributed by atoms with Crippen molar-refractivity contribution < 1.29 is 32.3 Å². The zero-order chi connectivity index (χ0) is 19.8. The minimum atomic E-state index is -4.69. The number of benzene rings is 2. The molecule has 0 aliphatic carbocycles. The van der Waals surface area contributed by atoms with Gasteiger partial charge in [0.05, 0.1) is 12.2 Å². The lowest BCUT2D eigenvalue weighted by Gasteiger charge is -2.09. The average Bonchev–Trinajstić information content (AvgIpc) is 2.59. The third-order valence-electron chi connectivity index (χ3n) is 3.72. The Balaban J connectivity index is 2.19. The highest BCUT2D eigenvalue weighted by Gasteiger charge is 2.19. The Labute approximate surface area is 161 Å². The largest absolute Gasteiger partial charge is 0.507 e. The standard InChI is InChI=1S/C17H13BrO8S/c18-3-4-25-10-6-13(20)16-14(7-10)26-8-11(17(16)21)9-1-2-12(19)15(5-9)27(22,23)24/h1-2,5-8,19-20H,3-4H2,(H,22,23,24). The molecule has 1 heterocycles. The molecule has 27 heavy (non-hydrogen) atoms. The summed E-state index contributed by atoms with van der Waals surface area (Å²) in [6.45, 7) is 0.346. The van der Waals surface area contributed by atoms with Crippen molar-refractivity contribution in [2.45, 2.75) is 4.90 Å². The Kier molecular flexibility index (Phi) is 5.13. The Bertz CT molecular complexity index is 1180. The predicted octanol–water partition coefficient (Wildman–Crippen LogP) is 2.89. The summed E-state index contributed by atoms with van der Waals surface area (Å²) in [7, 11) is -4.69. The lowest BCUT2D eigenvalue weighted by atomic mass is 10.0. The highest BCUT2D eigenvalue weighted by molar-refractivity contribution is 9.09. The van der Waals surface area contributed by atoms with Crippen LogP contribution in [0.3, 0.4) is 0 Å². The van der Waals surface area contributed by atoms with Crippen molar-refractivity contribution in [2.24, 2.45) is 0 Å². The van der Waals surface area contributed by atoms with Gasteiger partial charge in [-0.2, -0.15) is 8.42 Å². The summed E-state index contributed by atoms with van der Waals surface area (Å²) in [5, 5.41) is 20.3. The lowest BCUT2D eigenvalue weighted by molar-refractivity contribution is 0.342. The van der Waals surface area contributed by atoms with Crippen LogP contribution in [0, 0.1) is 0 Å². The number of phenolic OH excluding ortho intramolecular Hbond substituents is 2. The molecule has 0 fully saturated rings. The van der Waals surface area contributed by atoms with E-state index < -0.39 is 26.2 Å². The maximum Gasteiger partial charge on any atom is 0.298 e. The van der Waals surface area contributed by atoms with Crippen LogP contribution >= 0.6 is 15.9 Å². The van der Waals surface area contributed by atoms with E-state index in [9.17, 15) is 28.0 Å². The number of fused-ring (bicyclic) bond motifs is 1. The van der Waals surface area contributed by atoms with E-state index in [1.165, 1.54) is 18.2 Å². The second-order valence-corrected chi connectivity index (χ2v) is 7.67. The van der Waals surface area contributed by atoms with E-state index in [2.05, 4.69) is 15.9 Å². The Morgan fingerprint density at radius 2 is 1.85 bits per heavy atom. The van der Waals surface area contributed by atoms with Crippen LogP contribution < -0.4 is 10.2 Å². The molecule has 2 aromatic carbocycles. The summed E-state index contributed by atoms with van der Waals surface area (Å²) in [5.41, 5.74) is -0.512. The summed E-state index contributed by atoms with van der Waals surface area (Å²) < 4.78 is 42.7. The fourth-order valence-electron chi connectivity index (χ4n) is 2.54. The van der Waals surface area contributed by atoms with Crippen LogP contribution in [0.15, 0.2) is 50.7 Å². The zero-order valence-electron chi connectivity index (χ0n) is 13.5. The Morgan fingerprint density at radius 1 is 1.11 bits per heavy atom. The van der Waals surface area contributed by atoms with Gasteiger partial charge >= 0.3 is 0 Å². The highest BCUT2D eigenvalue weighted by Crippen LogP contribution is 2.32. The molecule has 0 amide bonds. The Hall–Kier alpha value is -2.56. The van der Waals surface area contributed by atoms with Crippen LogP contribution in [-0.4, -0.2) is 35.1 Å². The molecule has 0 saturated heterocycles. The van der Waals surface area contributed by atoms with Gasteiger partial charge in [-0.1, -0.05) is 22.0 Å². The van der Waals surface area contributed by atoms with E-state index in [-0.39, 0.29) is 27.8 Å². The quantitative estimate of drug-likeness (QED) is 0.393. The summed E-state index contributed by atoms with van der Waals surface area (Å²) >= 11 is 3.21. The monoisotopic (exact) mass is 456 g/mol. The smallest absolute Gasteiger partial charge is 0.298 e. The molecule has 0 atom stereocenters. The number of hydrogen-bond acceptors (Lipinski definition) is 7. The third kappa shape index (κ3) is 3.77. The van der Waals surface area contributed by atoms with Crippen LogP contribution in [0.4, 0.5) is 0 Å². The minimum Gasteiger partial charge on any atom is -0.507 e. The third-order valence-corrected chi connectivity index (χ3v) is 4.93. The number of halogens is 1. The van der Waals surface area contributed by atoms with Crippen molar-refractivity contribution in [3.8, 4) is 28.4 Å². The molecule has 0 bridgehead atoms. The van der Waals surface area contributed by atoms with E-state index >= 15 is 0 Å². The van der Waals surface area contributed by atoms with Crippen LogP contribution in [0.1, 0.15) is 0 Å². The molecule has 0 radical (unpaired) electrons. The van der Waals surface area contributed by atoms with Crippen molar-refractivity contribution in [3.63, 3.8) is 0 Å². The lowest BCUT2D eigenvalue weighted by Crippen LogP contribution is -2.07. The number of rotatable bonds is 5. The van der Waals surface area contributed by atoms with Gasteiger partial charge in [-0.05, 0) is 17.7 Å². The molecule has 0 unspecified atom stereocenters. The molecule has 3 aromatic rings. The van der Waals surface area contributed by atoms with Gasteiger partial charge in [-0.15, -0.1) is 0 Å². The van der Waals surface area contributed by atoms with E-state index in [0.29, 0.717) is 17.7 Å². The summed E-state index contributed by atoms with van der Waals surface area (Å²) in [4.78, 5) is 12.0. The molecule has 3 N–H and O–H groups in total. The first kappa shape index (κ1) is 19.2. The summed E-state index contributed by atoms with van der Waals surface area (Å²) in [6, 6.07) is 5.97. The SMILES string of the molecule is O=c1c(-c2ccc(O)c(S(=O)(=O)O)c2)coc2cc(OCCBr)cc(O)c12. The van der Waals surface area contributed by atoms with Crippen LogP contribution in [-0.2, 0) is 10.1 Å². The molecule has 8 nitrogen and oxygen atoms in total. The van der Waals surface area contributed by atoms with Crippen molar-refractivity contribution in [3.05, 3.63) is 46.8 Å². The highest BCUT2D eigenvalue weighted by atomic mass is 79.9. The maximum absolute atomic E-state index is 12.8. The molecular weight excluding hydrogens is 444 g/mol. The number of alkyl halides is 1. The van der Waals surface area contributed by atoms with Crippen molar-refractivity contribution in [1.82, 2.24) is 0 Å². The molecule has 0 aliphatic rings. The summed E-state index contributed by atoms with van der Waals surface area (Å²) in [5.74, 6) is -0.710. The van der Waals surface area contributed by atoms with Crippen molar-refractivity contribution >= 4 is 37.0 Å². The fraction of sp³-hybridized carbons (Fsp3) is 0.118. The van der Waals surface area contributed by atoms with E-state index in [0.717, 1.165) is 18.4 Å². The van der Waals surface area contributed by atoms with Gasteiger partial charge in [0.25, 0.3) is 10.1 Å². The second-order valence-electron chi connectivity index (χ2n) is 5.49. The summed E-state index contributed by atoms with van der Waals surface area (Å²) in [6.07, 6.45) is 1.10. The van der Waals surface area contributed by atoms with Gasteiger partial charge in [0.2, 0.25) is 5.43 Å². The first-order chi connectivity index (χ1) is 12.7. The first-order valence-electron chi connectivity index (χ1n) is 7.50. The van der Waals surface area contributed by atoms with Gasteiger partial charge < -0.3 is 19.4 Å². The van der Waals surface area contributed by atoms with Gasteiger partial charge in [0, 0.05) is 17.5 Å². The minimum absolute atomic E-state index is 0.0585. The maximum atomic E-state index is 12.8. The second kappa shape index (κ2) is 7.22. The van der Waals surface area contributed by atoms with E-state index in [1.54, 1.807) is 0 Å². The molecule has 0 spiro atoms. The normalized spacial score (nSPS) is 11.6. The van der Waals surface area contributed by atoms with Gasteiger partial charge in [0.1, 0.15) is 39.4 Å². The number of aromatic hydroxyl groups is 2. The van der Waals surface area contributed by atoms with Crippen LogP contribution in [0.5, 0.6) is 17.2 Å². The number of hydrogen-bond donors (Lipinski definition) is 3. The zero-order valence-corrected chi connectivity index (χ0v) is 15.9. The molecule has 1 aromatic heterocycles. The van der Waals surface area contributed by atoms with E-state index in [4.69, 9.17) is 9.15 Å². The molecular formula is C17H13BrO8S. The number of phenols is 2. The Morgan fingerprint density at radius 3 is 2.52 bits per heavy atom. The van der Waals surface area contributed by atoms with Crippen LogP contribution in [0.25, 0.3) is 22.1 Å². The topological polar surface area (TPSA) is 134 Å². The number of ether oxygens (including phenoxy) is 1. The fourth-order valence-corrected chi connectivity index (χ4v) is 3.31. The van der Waals surface area contributed by atoms with Gasteiger partial charge in [-0.3, -0.25) is 9.35 Å². The van der Waals surface area contributed by atoms with Crippen molar-refractivity contribution in [1.29, 1.82) is 0 Å². The van der Waals surface area contributed by atoms with Gasteiger partial charge in [-0.25, -0.2) is 0 Å². The van der Waals surface area contributed by atoms with Gasteiger partial charge in [0.15, 0.2) is 0 Å². The molecule has 3 rings (SSSR count). The molecule has 0 aliphatic heterocycles. The van der Waals surface area contributed by atoms with Crippen LogP contribution in [0.2, 0.25) is 0 Å². The molecule has 10 heteroatoms.